The van der Waals surface area contributed by atoms with E-state index in [1.807, 2.05) is 6.92 Å². The zero-order valence-electron chi connectivity index (χ0n) is 9.03. The van der Waals surface area contributed by atoms with E-state index in [0.717, 1.165) is 17.6 Å². The number of hydrogen-bond acceptors (Lipinski definition) is 1. The van der Waals surface area contributed by atoms with Crippen LogP contribution in [-0.4, -0.2) is 5.17 Å². The van der Waals surface area contributed by atoms with Crippen LogP contribution in [0.5, 0.6) is 0 Å². The monoisotopic (exact) mass is 291 g/mol. The molecule has 0 amide bonds. The largest absolute Gasteiger partial charge is 0.235 e. The predicted molar refractivity (Wildman–Crippen MR) is 71.2 cm³/mol. The third-order valence-corrected chi connectivity index (χ3v) is 3.83. The average molecular weight is 293 g/mol. The maximum absolute atomic E-state index is 13.4. The predicted octanol–water partition coefficient (Wildman–Crippen LogP) is 5.21. The molecule has 0 aliphatic carbocycles. The topological polar surface area (TPSA) is 12.4 Å². The van der Waals surface area contributed by atoms with Gasteiger partial charge >= 0.3 is 0 Å². The van der Waals surface area contributed by atoms with Crippen molar-refractivity contribution in [2.75, 3.05) is 0 Å². The van der Waals surface area contributed by atoms with Gasteiger partial charge in [-0.05, 0) is 37.5 Å². The molecule has 0 fully saturated rings. The Morgan fingerprint density at radius 1 is 1.18 bits per heavy atom. The maximum Gasteiger partial charge on any atom is 0.148 e. The molecule has 0 radical (unpaired) electrons. The van der Waals surface area contributed by atoms with E-state index in [2.05, 4.69) is 4.99 Å². The van der Waals surface area contributed by atoms with Crippen molar-refractivity contribution in [3.63, 3.8) is 0 Å². The summed E-state index contributed by atoms with van der Waals surface area (Å²) < 4.78 is 13.4. The number of aliphatic imine (C=N–C) groups is 1. The van der Waals surface area contributed by atoms with E-state index in [1.54, 1.807) is 0 Å². The summed E-state index contributed by atoms with van der Waals surface area (Å²) in [7, 11) is 0. The maximum atomic E-state index is 13.4. The van der Waals surface area contributed by atoms with Crippen LogP contribution in [0.1, 0.15) is 18.9 Å². The molecule has 17 heavy (non-hydrogen) atoms. The summed E-state index contributed by atoms with van der Waals surface area (Å²) >= 11 is 17.7. The number of rotatable bonds is 0. The Morgan fingerprint density at radius 3 is 2.59 bits per heavy atom. The molecule has 1 aliphatic heterocycles. The van der Waals surface area contributed by atoms with Crippen LogP contribution in [0.15, 0.2) is 27.7 Å². The number of allylic oxidation sites excluding steroid dienone is 2. The minimum Gasteiger partial charge on any atom is -0.235 e. The van der Waals surface area contributed by atoms with E-state index in [-0.39, 0.29) is 10.2 Å². The Morgan fingerprint density at radius 2 is 1.88 bits per heavy atom. The summed E-state index contributed by atoms with van der Waals surface area (Å²) in [5.41, 5.74) is 2.31. The second-order valence-corrected chi connectivity index (χ2v) is 5.04. The van der Waals surface area contributed by atoms with Crippen molar-refractivity contribution in [3.05, 3.63) is 39.1 Å². The van der Waals surface area contributed by atoms with Gasteiger partial charge in [-0.25, -0.2) is 9.38 Å². The minimum absolute atomic E-state index is 0.0364. The highest BCUT2D eigenvalue weighted by Crippen LogP contribution is 2.32. The van der Waals surface area contributed by atoms with Gasteiger partial charge in [-0.2, -0.15) is 0 Å². The number of hydrogen-bond donors (Lipinski definition) is 0. The fourth-order valence-electron chi connectivity index (χ4n) is 1.64. The molecule has 1 heterocycles. The molecule has 0 aromatic heterocycles. The molecule has 0 N–H and O–H groups in total. The van der Waals surface area contributed by atoms with Crippen LogP contribution < -0.4 is 0 Å². The van der Waals surface area contributed by atoms with Crippen LogP contribution in [0.4, 0.5) is 10.1 Å². The molecule has 0 atom stereocenters. The first-order valence-electron chi connectivity index (χ1n) is 5.06. The zero-order valence-corrected chi connectivity index (χ0v) is 11.3. The first-order chi connectivity index (χ1) is 7.99. The van der Waals surface area contributed by atoms with Crippen molar-refractivity contribution in [2.45, 2.75) is 19.8 Å². The number of aryl methyl sites for hydroxylation is 1. The number of halogens is 4. The van der Waals surface area contributed by atoms with Crippen LogP contribution in [0.2, 0.25) is 5.02 Å². The molecule has 90 valence electrons. The highest BCUT2D eigenvalue weighted by Gasteiger charge is 2.14. The van der Waals surface area contributed by atoms with E-state index < -0.39 is 5.82 Å². The van der Waals surface area contributed by atoms with Gasteiger partial charge in [0, 0.05) is 0 Å². The van der Waals surface area contributed by atoms with Crippen molar-refractivity contribution < 1.29 is 4.39 Å². The van der Waals surface area contributed by atoms with Gasteiger partial charge in [-0.1, -0.05) is 40.4 Å². The van der Waals surface area contributed by atoms with Crippen molar-refractivity contribution in [1.82, 2.24) is 0 Å². The molecular weight excluding hydrogens is 283 g/mol. The van der Waals surface area contributed by atoms with Crippen molar-refractivity contribution in [3.8, 4) is 0 Å². The Labute approximate surface area is 114 Å². The lowest BCUT2D eigenvalue weighted by molar-refractivity contribution is 0.625. The molecule has 0 bridgehead atoms. The Kier molecular flexibility index (Phi) is 3.76. The van der Waals surface area contributed by atoms with Gasteiger partial charge in [0.1, 0.15) is 11.0 Å². The van der Waals surface area contributed by atoms with Gasteiger partial charge in [0.15, 0.2) is 0 Å². The van der Waals surface area contributed by atoms with Gasteiger partial charge in [0.05, 0.1) is 15.7 Å². The molecule has 1 aliphatic rings. The van der Waals surface area contributed by atoms with Gasteiger partial charge < -0.3 is 0 Å². The summed E-state index contributed by atoms with van der Waals surface area (Å²) in [6.45, 7) is 1.89. The summed E-state index contributed by atoms with van der Waals surface area (Å²) in [6, 6.07) is 2.87. The molecular formula is C12H9Cl3FN. The molecule has 0 saturated carbocycles. The standard InChI is InChI=1S/C12H9Cl3FN/c1-6-2-3-7-4-9(16)8(13)5-10(7)17-12(15)11(6)14/h4-5H,2-3H2,1H3. The van der Waals surface area contributed by atoms with E-state index >= 15 is 0 Å². The lowest BCUT2D eigenvalue weighted by atomic mass is 10.0. The van der Waals surface area contributed by atoms with Crippen LogP contribution in [0, 0.1) is 5.82 Å². The molecule has 1 aromatic rings. The first kappa shape index (κ1) is 12.9. The zero-order chi connectivity index (χ0) is 12.6. The van der Waals surface area contributed by atoms with E-state index in [1.165, 1.54) is 12.1 Å². The lowest BCUT2D eigenvalue weighted by Crippen LogP contribution is -1.99. The first-order valence-corrected chi connectivity index (χ1v) is 6.20. The summed E-state index contributed by atoms with van der Waals surface area (Å²) in [5.74, 6) is -0.440. The van der Waals surface area contributed by atoms with Gasteiger partial charge in [0.2, 0.25) is 0 Å². The fraction of sp³-hybridized carbons (Fsp3) is 0.250. The Hall–Kier alpha value is -0.570. The molecule has 0 spiro atoms. The fourth-order valence-corrected chi connectivity index (χ4v) is 2.19. The molecule has 2 rings (SSSR count). The average Bonchev–Trinajstić information content (AvgIpc) is 2.29. The number of benzene rings is 1. The normalized spacial score (nSPS) is 16.2. The van der Waals surface area contributed by atoms with Crippen LogP contribution in [0.3, 0.4) is 0 Å². The SMILES string of the molecule is CC1=C(Cl)C(Cl)=Nc2cc(Cl)c(F)cc2CC1. The van der Waals surface area contributed by atoms with Crippen LogP contribution in [-0.2, 0) is 6.42 Å². The smallest absolute Gasteiger partial charge is 0.148 e. The highest BCUT2D eigenvalue weighted by atomic mass is 35.5. The molecule has 5 heteroatoms. The summed E-state index contributed by atoms with van der Waals surface area (Å²) in [5, 5.41) is 0.708. The minimum atomic E-state index is -0.440. The van der Waals surface area contributed by atoms with E-state index in [0.29, 0.717) is 17.1 Å². The van der Waals surface area contributed by atoms with E-state index in [4.69, 9.17) is 34.8 Å². The third kappa shape index (κ3) is 2.65. The third-order valence-electron chi connectivity index (χ3n) is 2.67. The van der Waals surface area contributed by atoms with Gasteiger partial charge in [0.25, 0.3) is 0 Å². The molecule has 1 nitrogen and oxygen atoms in total. The summed E-state index contributed by atoms with van der Waals surface area (Å²) in [4.78, 5) is 4.17. The van der Waals surface area contributed by atoms with Gasteiger partial charge in [-0.3, -0.25) is 0 Å². The van der Waals surface area contributed by atoms with Crippen molar-refractivity contribution in [1.29, 1.82) is 0 Å². The Bertz CT molecular complexity index is 535. The van der Waals surface area contributed by atoms with Crippen LogP contribution >= 0.6 is 34.8 Å². The second-order valence-electron chi connectivity index (χ2n) is 3.89. The Balaban J connectivity index is 2.58. The molecule has 0 saturated heterocycles. The number of fused-ring (bicyclic) bond motifs is 1. The van der Waals surface area contributed by atoms with E-state index in [9.17, 15) is 4.39 Å². The second kappa shape index (κ2) is 4.97. The summed E-state index contributed by atoms with van der Waals surface area (Å²) in [6.07, 6.45) is 1.39. The van der Waals surface area contributed by atoms with Crippen LogP contribution in [0.25, 0.3) is 0 Å². The van der Waals surface area contributed by atoms with Crippen molar-refractivity contribution in [2.24, 2.45) is 4.99 Å². The highest BCUT2D eigenvalue weighted by molar-refractivity contribution is 6.76. The number of nitrogens with zero attached hydrogens (tertiary/aromatic N) is 1. The lowest BCUT2D eigenvalue weighted by Gasteiger charge is -2.13. The van der Waals surface area contributed by atoms with Crippen molar-refractivity contribution >= 4 is 45.7 Å². The quantitative estimate of drug-likeness (QED) is 0.622. The molecule has 1 aromatic carbocycles. The molecule has 0 unspecified atom stereocenters. The van der Waals surface area contributed by atoms with Gasteiger partial charge in [-0.15, -0.1) is 0 Å².